The summed E-state index contributed by atoms with van der Waals surface area (Å²) in [5.74, 6) is -0.574. The molecule has 0 spiro atoms. The fourth-order valence-electron chi connectivity index (χ4n) is 5.33. The Morgan fingerprint density at radius 1 is 0.950 bits per heavy atom. The minimum atomic E-state index is -0.603. The zero-order valence-electron chi connectivity index (χ0n) is 25.1. The van der Waals surface area contributed by atoms with E-state index in [0.29, 0.717) is 6.42 Å². The lowest BCUT2D eigenvalue weighted by atomic mass is 9.85. The van der Waals surface area contributed by atoms with E-state index in [4.69, 9.17) is 4.74 Å². The van der Waals surface area contributed by atoms with Crippen LogP contribution in [-0.2, 0) is 20.7 Å². The summed E-state index contributed by atoms with van der Waals surface area (Å²) in [6.45, 7) is 9.14. The van der Waals surface area contributed by atoms with Crippen molar-refractivity contribution in [2.75, 3.05) is 27.7 Å². The SMILES string of the molecule is COC(=O)C[C@H](CC(=O)C(CC(C)C)n1cc(CCN(C)C)ccc1=O)c1cccc(-c2c(C)cccc2C)c1. The van der Waals surface area contributed by atoms with Gasteiger partial charge in [-0.3, -0.25) is 14.4 Å². The van der Waals surface area contributed by atoms with Crippen molar-refractivity contribution in [1.29, 1.82) is 0 Å². The molecule has 1 unspecified atom stereocenters. The highest BCUT2D eigenvalue weighted by atomic mass is 16.5. The number of nitrogens with zero attached hydrogens (tertiary/aromatic N) is 2. The molecule has 3 rings (SSSR count). The third kappa shape index (κ3) is 8.25. The number of likely N-dealkylation sites (N-methyl/N-ethyl adjacent to an activating group) is 1. The van der Waals surface area contributed by atoms with E-state index in [1.165, 1.54) is 18.2 Å². The van der Waals surface area contributed by atoms with Crippen LogP contribution in [0.3, 0.4) is 0 Å². The van der Waals surface area contributed by atoms with Gasteiger partial charge in [-0.15, -0.1) is 0 Å². The zero-order valence-corrected chi connectivity index (χ0v) is 25.1. The van der Waals surface area contributed by atoms with Crippen LogP contribution < -0.4 is 5.56 Å². The van der Waals surface area contributed by atoms with Gasteiger partial charge in [0.05, 0.1) is 19.6 Å². The third-order valence-corrected chi connectivity index (χ3v) is 7.47. The van der Waals surface area contributed by atoms with Gasteiger partial charge in [0.1, 0.15) is 0 Å². The third-order valence-electron chi connectivity index (χ3n) is 7.47. The molecule has 214 valence electrons. The molecule has 0 radical (unpaired) electrons. The number of Topliss-reactive ketones (excluding diaryl/α,β-unsaturated/α-hetero) is 1. The first kappa shape index (κ1) is 31.0. The molecule has 6 nitrogen and oxygen atoms in total. The van der Waals surface area contributed by atoms with Gasteiger partial charge in [-0.1, -0.05) is 62.4 Å². The summed E-state index contributed by atoms with van der Waals surface area (Å²) in [6.07, 6.45) is 3.39. The number of ether oxygens (including phenoxy) is 1. The van der Waals surface area contributed by atoms with Crippen molar-refractivity contribution >= 4 is 11.8 Å². The number of carbonyl (C=O) groups is 2. The molecule has 0 amide bonds. The minimum Gasteiger partial charge on any atom is -0.469 e. The van der Waals surface area contributed by atoms with Gasteiger partial charge in [-0.25, -0.2) is 0 Å². The predicted octanol–water partition coefficient (Wildman–Crippen LogP) is 6.13. The Morgan fingerprint density at radius 3 is 2.25 bits per heavy atom. The van der Waals surface area contributed by atoms with Crippen LogP contribution in [0.1, 0.15) is 67.3 Å². The number of aryl methyl sites for hydroxylation is 2. The van der Waals surface area contributed by atoms with Gasteiger partial charge in [0.25, 0.3) is 5.56 Å². The number of rotatable bonds is 13. The van der Waals surface area contributed by atoms with Gasteiger partial charge in [0.15, 0.2) is 5.78 Å². The second kappa shape index (κ2) is 14.2. The largest absolute Gasteiger partial charge is 0.469 e. The summed E-state index contributed by atoms with van der Waals surface area (Å²) >= 11 is 0. The molecule has 0 saturated carbocycles. The normalized spacial score (nSPS) is 12.9. The first-order chi connectivity index (χ1) is 19.0. The number of benzene rings is 2. The Morgan fingerprint density at radius 2 is 1.62 bits per heavy atom. The van der Waals surface area contributed by atoms with Crippen LogP contribution in [0.2, 0.25) is 0 Å². The highest BCUT2D eigenvalue weighted by Gasteiger charge is 2.28. The maximum absolute atomic E-state index is 14.0. The van der Waals surface area contributed by atoms with Gasteiger partial charge >= 0.3 is 5.97 Å². The van der Waals surface area contributed by atoms with E-state index in [1.54, 1.807) is 10.6 Å². The van der Waals surface area contributed by atoms with E-state index in [1.807, 2.05) is 44.6 Å². The van der Waals surface area contributed by atoms with Crippen molar-refractivity contribution in [2.24, 2.45) is 5.92 Å². The molecule has 0 fully saturated rings. The molecule has 0 N–H and O–H groups in total. The van der Waals surface area contributed by atoms with Gasteiger partial charge in [-0.2, -0.15) is 0 Å². The molecule has 0 saturated heterocycles. The summed E-state index contributed by atoms with van der Waals surface area (Å²) in [7, 11) is 5.39. The lowest BCUT2D eigenvalue weighted by Gasteiger charge is -2.24. The van der Waals surface area contributed by atoms with Crippen LogP contribution in [0.15, 0.2) is 65.6 Å². The van der Waals surface area contributed by atoms with Crippen LogP contribution in [0.25, 0.3) is 11.1 Å². The molecule has 2 atom stereocenters. The highest BCUT2D eigenvalue weighted by Crippen LogP contribution is 2.33. The lowest BCUT2D eigenvalue weighted by molar-refractivity contribution is -0.141. The van der Waals surface area contributed by atoms with Crippen LogP contribution >= 0.6 is 0 Å². The fraction of sp³-hybridized carbons (Fsp3) is 0.441. The van der Waals surface area contributed by atoms with E-state index in [2.05, 4.69) is 56.9 Å². The number of ketones is 1. The molecule has 0 bridgehead atoms. The Bertz CT molecular complexity index is 1350. The number of hydrogen-bond donors (Lipinski definition) is 0. The summed E-state index contributed by atoms with van der Waals surface area (Å²) in [5.41, 5.74) is 6.29. The molecule has 1 aromatic heterocycles. The standard InChI is InChI=1S/C34H44N2O4/c1-23(2)18-30(36-22-26(14-15-32(36)38)16-17-35(5)6)31(37)20-29(21-33(39)40-7)27-12-9-13-28(19-27)34-24(3)10-8-11-25(34)4/h8-15,19,22-23,29-30H,16-18,20-21H2,1-7H3/t29-,30?/m0/s1. The topological polar surface area (TPSA) is 68.6 Å². The summed E-state index contributed by atoms with van der Waals surface area (Å²) in [5, 5.41) is 0. The number of pyridine rings is 1. The van der Waals surface area contributed by atoms with Crippen LogP contribution in [0.4, 0.5) is 0 Å². The fourth-order valence-corrected chi connectivity index (χ4v) is 5.33. The van der Waals surface area contributed by atoms with E-state index in [9.17, 15) is 14.4 Å². The van der Waals surface area contributed by atoms with Crippen LogP contribution in [0.5, 0.6) is 0 Å². The van der Waals surface area contributed by atoms with Crippen molar-refractivity contribution in [3.05, 3.63) is 93.4 Å². The second-order valence-electron chi connectivity index (χ2n) is 11.5. The molecular weight excluding hydrogens is 500 g/mol. The number of aromatic nitrogens is 1. The van der Waals surface area contributed by atoms with E-state index in [0.717, 1.165) is 35.2 Å². The summed E-state index contributed by atoms with van der Waals surface area (Å²) in [4.78, 5) is 41.6. The van der Waals surface area contributed by atoms with Crippen molar-refractivity contribution in [3.8, 4) is 11.1 Å². The van der Waals surface area contributed by atoms with Gasteiger partial charge in [-0.05, 0) is 80.1 Å². The molecule has 2 aromatic carbocycles. The van der Waals surface area contributed by atoms with Gasteiger partial charge in [0, 0.05) is 31.1 Å². The number of hydrogen-bond acceptors (Lipinski definition) is 5. The van der Waals surface area contributed by atoms with E-state index in [-0.39, 0.29) is 42.0 Å². The smallest absolute Gasteiger partial charge is 0.306 e. The Balaban J connectivity index is 1.99. The quantitative estimate of drug-likeness (QED) is 0.242. The predicted molar refractivity (Wildman–Crippen MR) is 162 cm³/mol. The Labute approximate surface area is 239 Å². The minimum absolute atomic E-state index is 0.0491. The number of esters is 1. The molecule has 40 heavy (non-hydrogen) atoms. The molecule has 6 heteroatoms. The Hall–Kier alpha value is -3.51. The van der Waals surface area contributed by atoms with Crippen molar-refractivity contribution in [3.63, 3.8) is 0 Å². The van der Waals surface area contributed by atoms with Crippen molar-refractivity contribution < 1.29 is 14.3 Å². The molecule has 1 heterocycles. The van der Waals surface area contributed by atoms with Gasteiger partial charge < -0.3 is 14.2 Å². The summed E-state index contributed by atoms with van der Waals surface area (Å²) in [6, 6.07) is 17.1. The van der Waals surface area contributed by atoms with E-state index < -0.39 is 6.04 Å². The summed E-state index contributed by atoms with van der Waals surface area (Å²) < 4.78 is 6.62. The molecule has 0 aliphatic carbocycles. The van der Waals surface area contributed by atoms with Crippen LogP contribution in [-0.4, -0.2) is 49.0 Å². The first-order valence-electron chi connectivity index (χ1n) is 14.1. The zero-order chi connectivity index (χ0) is 29.4. The van der Waals surface area contributed by atoms with Crippen molar-refractivity contribution in [1.82, 2.24) is 9.47 Å². The van der Waals surface area contributed by atoms with Crippen molar-refractivity contribution in [2.45, 2.75) is 65.3 Å². The molecule has 0 aliphatic heterocycles. The average Bonchev–Trinajstić information content (AvgIpc) is 2.90. The monoisotopic (exact) mass is 544 g/mol. The maximum atomic E-state index is 14.0. The first-order valence-corrected chi connectivity index (χ1v) is 14.1. The number of carbonyl (C=O) groups excluding carboxylic acids is 2. The maximum Gasteiger partial charge on any atom is 0.306 e. The lowest BCUT2D eigenvalue weighted by Crippen LogP contribution is -2.32. The molecular formula is C34H44N2O4. The highest BCUT2D eigenvalue weighted by molar-refractivity contribution is 5.84. The molecule has 3 aromatic rings. The van der Waals surface area contributed by atoms with E-state index >= 15 is 0 Å². The van der Waals surface area contributed by atoms with Crippen LogP contribution in [0, 0.1) is 19.8 Å². The second-order valence-corrected chi connectivity index (χ2v) is 11.5. The average molecular weight is 545 g/mol. The number of methoxy groups -OCH3 is 1. The van der Waals surface area contributed by atoms with Gasteiger partial charge in [0.2, 0.25) is 0 Å². The molecule has 0 aliphatic rings. The Kier molecular flexibility index (Phi) is 11.0.